The van der Waals surface area contributed by atoms with E-state index in [1.54, 1.807) is 0 Å². The van der Waals surface area contributed by atoms with Crippen LogP contribution < -0.4 is 14.8 Å². The number of para-hydroxylation sites is 3. The molecule has 2 unspecified atom stereocenters. The Balaban J connectivity index is 1.33. The van der Waals surface area contributed by atoms with Gasteiger partial charge in [-0.3, -0.25) is 4.79 Å². The number of rotatable bonds is 4. The number of hydrogen-bond acceptors (Lipinski definition) is 4. The van der Waals surface area contributed by atoms with Crippen LogP contribution >= 0.6 is 0 Å². The van der Waals surface area contributed by atoms with Crippen molar-refractivity contribution < 1.29 is 14.3 Å². The summed E-state index contributed by atoms with van der Waals surface area (Å²) in [5, 5.41) is 7.81. The van der Waals surface area contributed by atoms with Gasteiger partial charge in [0.15, 0.2) is 11.5 Å². The highest BCUT2D eigenvalue weighted by molar-refractivity contribution is 5.82. The Morgan fingerprint density at radius 1 is 1.07 bits per heavy atom. The lowest BCUT2D eigenvalue weighted by molar-refractivity contribution is -0.133. The van der Waals surface area contributed by atoms with Crippen LogP contribution in [0.4, 0.5) is 0 Å². The van der Waals surface area contributed by atoms with E-state index in [2.05, 4.69) is 17.4 Å². The minimum absolute atomic E-state index is 0.187. The predicted molar refractivity (Wildman–Crippen MR) is 108 cm³/mol. The highest BCUT2D eigenvalue weighted by Gasteiger charge is 2.34. The Bertz CT molecular complexity index is 1040. The molecule has 1 N–H and O–H groups in total. The molecule has 0 radical (unpaired) electrons. The molecule has 1 aliphatic heterocycles. The van der Waals surface area contributed by atoms with Crippen LogP contribution in [0.1, 0.15) is 30.3 Å². The molecule has 6 nitrogen and oxygen atoms in total. The second kappa shape index (κ2) is 7.28. The number of nitrogens with one attached hydrogen (secondary N) is 1. The summed E-state index contributed by atoms with van der Waals surface area (Å²) in [5.41, 5.74) is 4.49. The zero-order valence-corrected chi connectivity index (χ0v) is 16.3. The Morgan fingerprint density at radius 3 is 2.59 bits per heavy atom. The molecule has 0 spiro atoms. The van der Waals surface area contributed by atoms with Gasteiger partial charge < -0.3 is 14.8 Å². The zero-order chi connectivity index (χ0) is 19.8. The van der Waals surface area contributed by atoms with Crippen molar-refractivity contribution in [2.24, 2.45) is 0 Å². The summed E-state index contributed by atoms with van der Waals surface area (Å²) < 4.78 is 13.8. The second-order valence-corrected chi connectivity index (χ2v) is 7.50. The van der Waals surface area contributed by atoms with Gasteiger partial charge in [0.2, 0.25) is 6.10 Å². The van der Waals surface area contributed by atoms with Crippen molar-refractivity contribution in [1.82, 2.24) is 15.1 Å². The second-order valence-electron chi connectivity index (χ2n) is 7.50. The lowest BCUT2D eigenvalue weighted by atomic mass is 10.1. The molecule has 0 saturated heterocycles. The summed E-state index contributed by atoms with van der Waals surface area (Å²) in [7, 11) is 0. The van der Waals surface area contributed by atoms with Gasteiger partial charge in [0.25, 0.3) is 5.91 Å². The van der Waals surface area contributed by atoms with Crippen LogP contribution in [0.5, 0.6) is 11.5 Å². The van der Waals surface area contributed by atoms with Crippen molar-refractivity contribution in [3.05, 3.63) is 71.5 Å². The molecule has 5 rings (SSSR count). The Morgan fingerprint density at radius 2 is 1.79 bits per heavy atom. The third-order valence-corrected chi connectivity index (χ3v) is 5.54. The monoisotopic (exact) mass is 389 g/mol. The van der Waals surface area contributed by atoms with Crippen LogP contribution in [0, 0.1) is 0 Å². The molecule has 1 amide bonds. The molecule has 2 heterocycles. The van der Waals surface area contributed by atoms with E-state index in [-0.39, 0.29) is 12.0 Å². The average molecular weight is 389 g/mol. The number of benzene rings is 2. The summed E-state index contributed by atoms with van der Waals surface area (Å²) in [6.07, 6.45) is 2.08. The van der Waals surface area contributed by atoms with E-state index < -0.39 is 6.10 Å². The molecule has 148 valence electrons. The lowest BCUT2D eigenvalue weighted by Gasteiger charge is -2.30. The van der Waals surface area contributed by atoms with E-state index in [0.29, 0.717) is 18.0 Å². The smallest absolute Gasteiger partial charge is 0.265 e. The molecule has 2 aliphatic rings. The summed E-state index contributed by atoms with van der Waals surface area (Å²) in [4.78, 5) is 12.8. The van der Waals surface area contributed by atoms with Crippen LogP contribution in [0.15, 0.2) is 54.6 Å². The van der Waals surface area contributed by atoms with Crippen molar-refractivity contribution in [2.45, 2.75) is 44.9 Å². The summed E-state index contributed by atoms with van der Waals surface area (Å²) in [6, 6.07) is 17.6. The molecular formula is C23H23N3O3. The Hall–Kier alpha value is -3.28. The van der Waals surface area contributed by atoms with Gasteiger partial charge in [0.05, 0.1) is 17.9 Å². The largest absolute Gasteiger partial charge is 0.482 e. The maximum atomic E-state index is 12.8. The predicted octanol–water partition coefficient (Wildman–Crippen LogP) is 3.21. The normalized spacial score (nSPS) is 19.6. The summed E-state index contributed by atoms with van der Waals surface area (Å²) >= 11 is 0. The van der Waals surface area contributed by atoms with Crippen molar-refractivity contribution in [3.63, 3.8) is 0 Å². The highest BCUT2D eigenvalue weighted by Crippen LogP contribution is 2.33. The highest BCUT2D eigenvalue weighted by atomic mass is 16.6. The summed E-state index contributed by atoms with van der Waals surface area (Å²) in [5.74, 6) is 1.08. The average Bonchev–Trinajstić information content (AvgIpc) is 3.35. The van der Waals surface area contributed by atoms with Crippen LogP contribution in [0.3, 0.4) is 0 Å². The fourth-order valence-corrected chi connectivity index (χ4v) is 4.12. The maximum Gasteiger partial charge on any atom is 0.265 e. The molecule has 6 heteroatoms. The standard InChI is InChI=1S/C23H23N3O3/c1-15-22(29-21-13-6-5-12-20(21)28-15)23(27)24-14-18-17-10-7-11-19(17)26(25-18)16-8-3-2-4-9-16/h2-6,8-9,12-13,15,22H,7,10-11,14H2,1H3,(H,24,27). The first-order chi connectivity index (χ1) is 14.2. The molecule has 2 atom stereocenters. The van der Waals surface area contributed by atoms with Gasteiger partial charge in [0.1, 0.15) is 6.10 Å². The number of amides is 1. The Kier molecular flexibility index (Phi) is 4.46. The van der Waals surface area contributed by atoms with Crippen molar-refractivity contribution in [3.8, 4) is 17.2 Å². The lowest BCUT2D eigenvalue weighted by Crippen LogP contribution is -2.48. The van der Waals surface area contributed by atoms with Gasteiger partial charge in [-0.15, -0.1) is 0 Å². The first-order valence-corrected chi connectivity index (χ1v) is 10.1. The number of ether oxygens (including phenoxy) is 2. The number of aromatic nitrogens is 2. The quantitative estimate of drug-likeness (QED) is 0.744. The number of carbonyl (C=O) groups excluding carboxylic acids is 1. The van der Waals surface area contributed by atoms with Crippen LogP contribution in [-0.2, 0) is 24.2 Å². The number of carbonyl (C=O) groups is 1. The third kappa shape index (κ3) is 3.24. The molecule has 0 fully saturated rings. The minimum Gasteiger partial charge on any atom is -0.482 e. The summed E-state index contributed by atoms with van der Waals surface area (Å²) in [6.45, 7) is 2.23. The molecule has 1 aliphatic carbocycles. The van der Waals surface area contributed by atoms with E-state index in [9.17, 15) is 4.79 Å². The van der Waals surface area contributed by atoms with Gasteiger partial charge >= 0.3 is 0 Å². The fourth-order valence-electron chi connectivity index (χ4n) is 4.12. The van der Waals surface area contributed by atoms with Gasteiger partial charge in [0, 0.05) is 5.69 Å². The molecule has 1 aromatic heterocycles. The first kappa shape index (κ1) is 17.8. The SMILES string of the molecule is CC1Oc2ccccc2OC1C(=O)NCc1nn(-c2ccccc2)c2c1CCC2. The number of hydrogen-bond donors (Lipinski definition) is 1. The van der Waals surface area contributed by atoms with E-state index in [1.165, 1.54) is 11.3 Å². The van der Waals surface area contributed by atoms with E-state index in [4.69, 9.17) is 14.6 Å². The maximum absolute atomic E-state index is 12.8. The van der Waals surface area contributed by atoms with Crippen molar-refractivity contribution in [1.29, 1.82) is 0 Å². The van der Waals surface area contributed by atoms with Gasteiger partial charge in [-0.05, 0) is 56.0 Å². The van der Waals surface area contributed by atoms with Gasteiger partial charge in [-0.25, -0.2) is 4.68 Å². The zero-order valence-electron chi connectivity index (χ0n) is 16.3. The fraction of sp³-hybridized carbons (Fsp3) is 0.304. The van der Waals surface area contributed by atoms with Gasteiger partial charge in [-0.1, -0.05) is 30.3 Å². The topological polar surface area (TPSA) is 65.4 Å². The van der Waals surface area contributed by atoms with Gasteiger partial charge in [-0.2, -0.15) is 5.10 Å². The first-order valence-electron chi connectivity index (χ1n) is 10.1. The number of nitrogens with zero attached hydrogens (tertiary/aromatic N) is 2. The molecule has 2 aromatic carbocycles. The third-order valence-electron chi connectivity index (χ3n) is 5.54. The van der Waals surface area contributed by atoms with Crippen LogP contribution in [0.25, 0.3) is 5.69 Å². The van der Waals surface area contributed by atoms with Crippen LogP contribution in [-0.4, -0.2) is 27.9 Å². The Labute approximate surface area is 169 Å². The van der Waals surface area contributed by atoms with E-state index in [1.807, 2.05) is 54.1 Å². The van der Waals surface area contributed by atoms with Crippen molar-refractivity contribution in [2.75, 3.05) is 0 Å². The minimum atomic E-state index is -0.686. The molecule has 0 saturated carbocycles. The van der Waals surface area contributed by atoms with E-state index in [0.717, 1.165) is 30.6 Å². The number of fused-ring (bicyclic) bond motifs is 2. The molecular weight excluding hydrogens is 366 g/mol. The molecule has 29 heavy (non-hydrogen) atoms. The molecule has 3 aromatic rings. The van der Waals surface area contributed by atoms with Crippen LogP contribution in [0.2, 0.25) is 0 Å². The van der Waals surface area contributed by atoms with E-state index >= 15 is 0 Å². The van der Waals surface area contributed by atoms with Crippen molar-refractivity contribution >= 4 is 5.91 Å². The molecule has 0 bridgehead atoms.